The predicted molar refractivity (Wildman–Crippen MR) is 81.0 cm³/mol. The van der Waals surface area contributed by atoms with E-state index >= 15 is 0 Å². The fourth-order valence-corrected chi connectivity index (χ4v) is 2.88. The molecule has 21 heavy (non-hydrogen) atoms. The van der Waals surface area contributed by atoms with Crippen LogP contribution in [-0.2, 0) is 16.0 Å². The van der Waals surface area contributed by atoms with Gasteiger partial charge in [-0.2, -0.15) is 0 Å². The van der Waals surface area contributed by atoms with Crippen LogP contribution in [0.5, 0.6) is 0 Å². The zero-order valence-corrected chi connectivity index (χ0v) is 12.3. The third kappa shape index (κ3) is 3.61. The molecule has 0 unspecified atom stereocenters. The highest BCUT2D eigenvalue weighted by molar-refractivity contribution is 5.85. The first-order valence-electron chi connectivity index (χ1n) is 7.58. The second kappa shape index (κ2) is 7.02. The van der Waals surface area contributed by atoms with Gasteiger partial charge in [0.05, 0.1) is 26.4 Å². The minimum Gasteiger partial charge on any atom is -0.379 e. The molecule has 0 saturated carbocycles. The number of rotatable bonds is 4. The fourth-order valence-electron chi connectivity index (χ4n) is 2.88. The number of ether oxygens (including phenoxy) is 2. The average molecular weight is 290 g/mol. The molecule has 2 aliphatic heterocycles. The number of morpholine rings is 2. The van der Waals surface area contributed by atoms with Crippen LogP contribution in [0.2, 0.25) is 0 Å². The van der Waals surface area contributed by atoms with E-state index in [2.05, 4.69) is 21.9 Å². The Morgan fingerprint density at radius 2 is 1.67 bits per heavy atom. The van der Waals surface area contributed by atoms with E-state index in [9.17, 15) is 4.79 Å². The molecular formula is C16H22N2O3. The molecule has 0 spiro atoms. The summed E-state index contributed by atoms with van der Waals surface area (Å²) in [6.07, 6.45) is 0.948. The molecule has 3 rings (SSSR count). The van der Waals surface area contributed by atoms with Crippen molar-refractivity contribution >= 4 is 12.0 Å². The van der Waals surface area contributed by atoms with E-state index < -0.39 is 0 Å². The summed E-state index contributed by atoms with van der Waals surface area (Å²) >= 11 is 0. The van der Waals surface area contributed by atoms with Crippen molar-refractivity contribution in [2.24, 2.45) is 0 Å². The number of nitrogens with zero attached hydrogens (tertiary/aromatic N) is 2. The number of carbonyl (C=O) groups is 1. The van der Waals surface area contributed by atoms with Gasteiger partial charge in [-0.3, -0.25) is 9.69 Å². The maximum Gasteiger partial charge on any atom is 0.152 e. The van der Waals surface area contributed by atoms with Gasteiger partial charge in [0.25, 0.3) is 0 Å². The molecule has 2 heterocycles. The van der Waals surface area contributed by atoms with Crippen molar-refractivity contribution in [2.75, 3.05) is 57.5 Å². The van der Waals surface area contributed by atoms with Crippen molar-refractivity contribution in [1.29, 1.82) is 0 Å². The molecule has 0 radical (unpaired) electrons. The normalized spacial score (nSPS) is 20.5. The van der Waals surface area contributed by atoms with Crippen molar-refractivity contribution in [3.8, 4) is 0 Å². The lowest BCUT2D eigenvalue weighted by atomic mass is 10.1. The van der Waals surface area contributed by atoms with Gasteiger partial charge in [0.1, 0.15) is 0 Å². The Morgan fingerprint density at radius 1 is 1.00 bits per heavy atom. The predicted octanol–water partition coefficient (Wildman–Crippen LogP) is 1.17. The van der Waals surface area contributed by atoms with Crippen LogP contribution in [0.15, 0.2) is 18.2 Å². The second-order valence-corrected chi connectivity index (χ2v) is 5.50. The highest BCUT2D eigenvalue weighted by atomic mass is 16.5. The topological polar surface area (TPSA) is 42.0 Å². The minimum absolute atomic E-state index is 0.728. The summed E-state index contributed by atoms with van der Waals surface area (Å²) in [5.74, 6) is 0. The van der Waals surface area contributed by atoms with Gasteiger partial charge in [0, 0.05) is 44.0 Å². The summed E-state index contributed by atoms with van der Waals surface area (Å²) in [6.45, 7) is 7.64. The Hall–Kier alpha value is -1.43. The van der Waals surface area contributed by atoms with Crippen LogP contribution in [0.1, 0.15) is 15.9 Å². The molecule has 5 nitrogen and oxygen atoms in total. The van der Waals surface area contributed by atoms with Gasteiger partial charge in [-0.15, -0.1) is 0 Å². The Labute approximate surface area is 125 Å². The smallest absolute Gasteiger partial charge is 0.152 e. The van der Waals surface area contributed by atoms with Crippen LogP contribution in [0.25, 0.3) is 0 Å². The van der Waals surface area contributed by atoms with E-state index in [4.69, 9.17) is 9.47 Å². The molecule has 1 aromatic rings. The number of aldehydes is 1. The summed E-state index contributed by atoms with van der Waals surface area (Å²) in [5.41, 5.74) is 3.06. The first kappa shape index (κ1) is 14.5. The molecule has 0 N–H and O–H groups in total. The molecule has 0 bridgehead atoms. The molecule has 0 amide bonds. The molecule has 2 aliphatic rings. The summed E-state index contributed by atoms with van der Waals surface area (Å²) in [6, 6.07) is 6.15. The van der Waals surface area contributed by atoms with Gasteiger partial charge in [-0.25, -0.2) is 0 Å². The highest BCUT2D eigenvalue weighted by Crippen LogP contribution is 2.23. The lowest BCUT2D eigenvalue weighted by molar-refractivity contribution is 0.0342. The van der Waals surface area contributed by atoms with Crippen LogP contribution < -0.4 is 4.90 Å². The summed E-state index contributed by atoms with van der Waals surface area (Å²) in [4.78, 5) is 15.9. The van der Waals surface area contributed by atoms with E-state index in [-0.39, 0.29) is 0 Å². The standard InChI is InChI=1S/C16H22N2O3/c19-13-15-2-1-14(12-17-3-7-20-8-4-17)11-16(15)18-5-9-21-10-6-18/h1-2,11,13H,3-10,12H2. The molecule has 0 atom stereocenters. The number of hydrogen-bond acceptors (Lipinski definition) is 5. The zero-order valence-electron chi connectivity index (χ0n) is 12.3. The minimum atomic E-state index is 0.728. The number of hydrogen-bond donors (Lipinski definition) is 0. The average Bonchev–Trinajstić information content (AvgIpc) is 2.56. The summed E-state index contributed by atoms with van der Waals surface area (Å²) in [5, 5.41) is 0. The van der Waals surface area contributed by atoms with Crippen LogP contribution >= 0.6 is 0 Å². The molecular weight excluding hydrogens is 268 g/mol. The van der Waals surface area contributed by atoms with Crippen molar-refractivity contribution in [3.63, 3.8) is 0 Å². The summed E-state index contributed by atoms with van der Waals surface area (Å²) < 4.78 is 10.8. The number of carbonyl (C=O) groups excluding carboxylic acids is 1. The molecule has 114 valence electrons. The van der Waals surface area contributed by atoms with Crippen LogP contribution in [0.4, 0.5) is 5.69 Å². The van der Waals surface area contributed by atoms with Gasteiger partial charge in [0.2, 0.25) is 0 Å². The Bertz CT molecular complexity index is 480. The lowest BCUT2D eigenvalue weighted by Crippen LogP contribution is -2.37. The SMILES string of the molecule is O=Cc1ccc(CN2CCOCC2)cc1N1CCOCC1. The highest BCUT2D eigenvalue weighted by Gasteiger charge is 2.16. The molecule has 2 saturated heterocycles. The third-order valence-electron chi connectivity index (χ3n) is 4.08. The van der Waals surface area contributed by atoms with Crippen molar-refractivity contribution < 1.29 is 14.3 Å². The van der Waals surface area contributed by atoms with Gasteiger partial charge in [-0.1, -0.05) is 6.07 Å². The second-order valence-electron chi connectivity index (χ2n) is 5.50. The maximum absolute atomic E-state index is 11.3. The van der Waals surface area contributed by atoms with Crippen molar-refractivity contribution in [1.82, 2.24) is 4.90 Å². The third-order valence-corrected chi connectivity index (χ3v) is 4.08. The maximum atomic E-state index is 11.3. The Morgan fingerprint density at radius 3 is 2.33 bits per heavy atom. The van der Waals surface area contributed by atoms with Crippen molar-refractivity contribution in [3.05, 3.63) is 29.3 Å². The molecule has 5 heteroatoms. The number of anilines is 1. The fraction of sp³-hybridized carbons (Fsp3) is 0.562. The first-order chi connectivity index (χ1) is 10.4. The lowest BCUT2D eigenvalue weighted by Gasteiger charge is -2.31. The quantitative estimate of drug-likeness (QED) is 0.779. The largest absolute Gasteiger partial charge is 0.379 e. The van der Waals surface area contributed by atoms with E-state index in [1.54, 1.807) is 0 Å². The van der Waals surface area contributed by atoms with Gasteiger partial charge in [-0.05, 0) is 17.7 Å². The van der Waals surface area contributed by atoms with Crippen LogP contribution in [-0.4, -0.2) is 63.8 Å². The van der Waals surface area contributed by atoms with Gasteiger partial charge >= 0.3 is 0 Å². The van der Waals surface area contributed by atoms with Crippen molar-refractivity contribution in [2.45, 2.75) is 6.54 Å². The van der Waals surface area contributed by atoms with E-state index in [0.29, 0.717) is 0 Å². The molecule has 2 fully saturated rings. The zero-order chi connectivity index (χ0) is 14.5. The molecule has 0 aromatic heterocycles. The monoisotopic (exact) mass is 290 g/mol. The summed E-state index contributed by atoms with van der Waals surface area (Å²) in [7, 11) is 0. The van der Waals surface area contributed by atoms with Crippen LogP contribution in [0, 0.1) is 0 Å². The molecule has 1 aromatic carbocycles. The Kier molecular flexibility index (Phi) is 4.85. The van der Waals surface area contributed by atoms with Gasteiger partial charge < -0.3 is 14.4 Å². The van der Waals surface area contributed by atoms with E-state index in [0.717, 1.165) is 76.7 Å². The van der Waals surface area contributed by atoms with E-state index in [1.165, 1.54) is 5.56 Å². The van der Waals surface area contributed by atoms with Crippen LogP contribution in [0.3, 0.4) is 0 Å². The van der Waals surface area contributed by atoms with Gasteiger partial charge in [0.15, 0.2) is 6.29 Å². The van der Waals surface area contributed by atoms with E-state index in [1.807, 2.05) is 6.07 Å². The Balaban J connectivity index is 1.76. The first-order valence-corrected chi connectivity index (χ1v) is 7.58. The molecule has 0 aliphatic carbocycles. The number of benzene rings is 1.